The Morgan fingerprint density at radius 2 is 1.97 bits per heavy atom. The van der Waals surface area contributed by atoms with Crippen LogP contribution in [0.5, 0.6) is 0 Å². The summed E-state index contributed by atoms with van der Waals surface area (Å²) in [5, 5.41) is 8.90. The van der Waals surface area contributed by atoms with Crippen molar-refractivity contribution >= 4 is 40.1 Å². The van der Waals surface area contributed by atoms with E-state index in [4.69, 9.17) is 16.0 Å². The summed E-state index contributed by atoms with van der Waals surface area (Å²) < 4.78 is 7.39. The van der Waals surface area contributed by atoms with Gasteiger partial charge in [0.2, 0.25) is 11.7 Å². The maximum Gasteiger partial charge on any atom is 0.226 e. The number of carbonyl (C=O) groups excluding carboxylic acids is 2. The molecule has 0 aliphatic carbocycles. The zero-order valence-electron chi connectivity index (χ0n) is 15.5. The predicted molar refractivity (Wildman–Crippen MR) is 110 cm³/mol. The van der Waals surface area contributed by atoms with Crippen LogP contribution in [0.3, 0.4) is 0 Å². The minimum atomic E-state index is -0.652. The first kappa shape index (κ1) is 17.7. The SMILES string of the molecule is Cc1nn(-c2ccc(Cl)cc2)c2c1[C@H](C(=O)c1cc3ccccc3o1)CC(=O)N2. The summed E-state index contributed by atoms with van der Waals surface area (Å²) in [5.41, 5.74) is 2.79. The number of nitrogens with one attached hydrogen (secondary N) is 1. The molecule has 0 fully saturated rings. The van der Waals surface area contributed by atoms with Crippen molar-refractivity contribution in [3.05, 3.63) is 76.6 Å². The molecule has 1 atom stereocenters. The molecule has 5 rings (SSSR count). The molecule has 1 aliphatic heterocycles. The van der Waals surface area contributed by atoms with Gasteiger partial charge in [-0.1, -0.05) is 29.8 Å². The topological polar surface area (TPSA) is 77.1 Å². The Bertz CT molecular complexity index is 1240. The van der Waals surface area contributed by atoms with E-state index < -0.39 is 5.92 Å². The molecule has 3 heterocycles. The van der Waals surface area contributed by atoms with Gasteiger partial charge in [0, 0.05) is 22.4 Å². The Morgan fingerprint density at radius 1 is 1.21 bits per heavy atom. The van der Waals surface area contributed by atoms with Crippen molar-refractivity contribution in [3.8, 4) is 5.69 Å². The minimum absolute atomic E-state index is 0.0516. The Kier molecular flexibility index (Phi) is 4.03. The number of nitrogens with zero attached hydrogens (tertiary/aromatic N) is 2. The van der Waals surface area contributed by atoms with Gasteiger partial charge in [-0.3, -0.25) is 9.59 Å². The summed E-state index contributed by atoms with van der Waals surface area (Å²) in [7, 11) is 0. The van der Waals surface area contributed by atoms with Gasteiger partial charge in [0.05, 0.1) is 17.3 Å². The molecular weight excluding hydrogens is 390 g/mol. The average molecular weight is 406 g/mol. The van der Waals surface area contributed by atoms with Crippen LogP contribution in [0.15, 0.2) is 59.0 Å². The Labute approximate surface area is 171 Å². The number of amides is 1. The van der Waals surface area contributed by atoms with Crippen LogP contribution in [0.2, 0.25) is 5.02 Å². The Morgan fingerprint density at radius 3 is 2.72 bits per heavy atom. The number of aromatic nitrogens is 2. The van der Waals surface area contributed by atoms with Crippen LogP contribution in [0.25, 0.3) is 16.7 Å². The standard InChI is InChI=1S/C22H16ClN3O3/c1-12-20-16(21(28)18-10-13-4-2-3-5-17(13)29-18)11-19(27)24-22(20)26(25-12)15-8-6-14(23)7-9-15/h2-10,16H,11H2,1H3,(H,24,27)/t16-/m1/s1. The van der Waals surface area contributed by atoms with Gasteiger partial charge in [-0.05, 0) is 43.3 Å². The van der Waals surface area contributed by atoms with Gasteiger partial charge in [-0.25, -0.2) is 4.68 Å². The molecule has 0 radical (unpaired) electrons. The normalized spacial score (nSPS) is 15.9. The maximum atomic E-state index is 13.3. The third kappa shape index (κ3) is 2.93. The number of carbonyl (C=O) groups is 2. The van der Waals surface area contributed by atoms with E-state index in [0.29, 0.717) is 27.7 Å². The Hall–Kier alpha value is -3.38. The second-order valence-corrected chi connectivity index (χ2v) is 7.49. The second-order valence-electron chi connectivity index (χ2n) is 7.05. The van der Waals surface area contributed by atoms with Gasteiger partial charge in [0.25, 0.3) is 0 Å². The summed E-state index contributed by atoms with van der Waals surface area (Å²) in [6, 6.07) is 16.3. The van der Waals surface area contributed by atoms with E-state index in [-0.39, 0.29) is 23.9 Å². The van der Waals surface area contributed by atoms with Crippen LogP contribution in [-0.2, 0) is 4.79 Å². The van der Waals surface area contributed by atoms with E-state index in [1.165, 1.54) is 0 Å². The Balaban J connectivity index is 1.61. The van der Waals surface area contributed by atoms with Crippen LogP contribution in [0.1, 0.15) is 34.2 Å². The molecule has 0 spiro atoms. The highest BCUT2D eigenvalue weighted by Crippen LogP contribution is 2.39. The fourth-order valence-corrected chi connectivity index (χ4v) is 3.94. The van der Waals surface area contributed by atoms with Gasteiger partial charge in [-0.2, -0.15) is 5.10 Å². The number of aryl methyl sites for hydroxylation is 1. The molecule has 29 heavy (non-hydrogen) atoms. The van der Waals surface area contributed by atoms with Crippen molar-refractivity contribution in [1.82, 2.24) is 9.78 Å². The quantitative estimate of drug-likeness (QED) is 0.492. The fourth-order valence-electron chi connectivity index (χ4n) is 3.82. The largest absolute Gasteiger partial charge is 0.453 e. The number of halogens is 1. The smallest absolute Gasteiger partial charge is 0.226 e. The van der Waals surface area contributed by atoms with Crippen LogP contribution < -0.4 is 5.32 Å². The molecule has 0 saturated heterocycles. The molecule has 0 unspecified atom stereocenters. The molecule has 6 nitrogen and oxygen atoms in total. The van der Waals surface area contributed by atoms with Crippen LogP contribution in [0.4, 0.5) is 5.82 Å². The highest BCUT2D eigenvalue weighted by Gasteiger charge is 2.37. The number of Topliss-reactive ketones (excluding diaryl/α,β-unsaturated/α-hetero) is 1. The zero-order valence-corrected chi connectivity index (χ0v) is 16.2. The molecule has 0 saturated carbocycles. The lowest BCUT2D eigenvalue weighted by Gasteiger charge is -2.22. The summed E-state index contributed by atoms with van der Waals surface area (Å²) in [4.78, 5) is 25.7. The van der Waals surface area contributed by atoms with Crippen molar-refractivity contribution in [2.45, 2.75) is 19.3 Å². The van der Waals surface area contributed by atoms with Crippen LogP contribution in [0, 0.1) is 6.92 Å². The summed E-state index contributed by atoms with van der Waals surface area (Å²) in [5.74, 6) is -0.357. The summed E-state index contributed by atoms with van der Waals surface area (Å²) in [6.45, 7) is 1.83. The number of anilines is 1. The van der Waals surface area contributed by atoms with E-state index in [0.717, 1.165) is 11.1 Å². The van der Waals surface area contributed by atoms with Gasteiger partial charge < -0.3 is 9.73 Å². The number of rotatable bonds is 3. The lowest BCUT2D eigenvalue weighted by atomic mass is 9.87. The highest BCUT2D eigenvalue weighted by molar-refractivity contribution is 6.30. The van der Waals surface area contributed by atoms with Crippen LogP contribution >= 0.6 is 11.6 Å². The summed E-state index contributed by atoms with van der Waals surface area (Å²) in [6.07, 6.45) is 0.0516. The highest BCUT2D eigenvalue weighted by atomic mass is 35.5. The van der Waals surface area contributed by atoms with Crippen LogP contribution in [-0.4, -0.2) is 21.5 Å². The number of hydrogen-bond donors (Lipinski definition) is 1. The van der Waals surface area contributed by atoms with Crippen molar-refractivity contribution in [2.24, 2.45) is 0 Å². The van der Waals surface area contributed by atoms with Crippen molar-refractivity contribution in [2.75, 3.05) is 5.32 Å². The van der Waals surface area contributed by atoms with E-state index in [2.05, 4.69) is 10.4 Å². The fraction of sp³-hybridized carbons (Fsp3) is 0.136. The molecule has 4 aromatic rings. The van der Waals surface area contributed by atoms with Gasteiger partial charge in [-0.15, -0.1) is 0 Å². The molecule has 2 aromatic carbocycles. The number of benzene rings is 2. The van der Waals surface area contributed by atoms with E-state index in [1.54, 1.807) is 22.9 Å². The maximum absolute atomic E-state index is 13.3. The number of hydrogen-bond acceptors (Lipinski definition) is 4. The van der Waals surface area contributed by atoms with E-state index in [9.17, 15) is 9.59 Å². The molecule has 0 bridgehead atoms. The van der Waals surface area contributed by atoms with Crippen molar-refractivity contribution in [3.63, 3.8) is 0 Å². The lowest BCUT2D eigenvalue weighted by molar-refractivity contribution is -0.116. The zero-order chi connectivity index (χ0) is 20.1. The third-order valence-corrected chi connectivity index (χ3v) is 5.41. The first-order valence-electron chi connectivity index (χ1n) is 9.19. The van der Waals surface area contributed by atoms with E-state index >= 15 is 0 Å². The molecule has 7 heteroatoms. The first-order chi connectivity index (χ1) is 14.0. The number of furan rings is 1. The van der Waals surface area contributed by atoms with Gasteiger partial charge in [0.1, 0.15) is 11.4 Å². The third-order valence-electron chi connectivity index (χ3n) is 5.16. The lowest BCUT2D eigenvalue weighted by Crippen LogP contribution is -2.28. The molecule has 2 aromatic heterocycles. The molecule has 1 amide bonds. The van der Waals surface area contributed by atoms with Gasteiger partial charge >= 0.3 is 0 Å². The van der Waals surface area contributed by atoms with Crippen molar-refractivity contribution < 1.29 is 14.0 Å². The molecular formula is C22H16ClN3O3. The second kappa shape index (κ2) is 6.60. The molecule has 1 aliphatic rings. The number of para-hydroxylation sites is 1. The first-order valence-corrected chi connectivity index (χ1v) is 9.57. The monoisotopic (exact) mass is 405 g/mol. The number of fused-ring (bicyclic) bond motifs is 2. The summed E-state index contributed by atoms with van der Waals surface area (Å²) >= 11 is 5.98. The van der Waals surface area contributed by atoms with E-state index in [1.807, 2.05) is 43.3 Å². The average Bonchev–Trinajstić information content (AvgIpc) is 3.29. The molecule has 144 valence electrons. The minimum Gasteiger partial charge on any atom is -0.453 e. The number of ketones is 1. The van der Waals surface area contributed by atoms with Gasteiger partial charge in [0.15, 0.2) is 5.76 Å². The van der Waals surface area contributed by atoms with Crippen molar-refractivity contribution in [1.29, 1.82) is 0 Å². The predicted octanol–water partition coefficient (Wildman–Crippen LogP) is 4.89. The molecule has 1 N–H and O–H groups in total.